The monoisotopic (exact) mass is 430 g/mol. The lowest BCUT2D eigenvalue weighted by Gasteiger charge is -2.08. The van der Waals surface area contributed by atoms with Gasteiger partial charge in [0.05, 0.1) is 18.5 Å². The summed E-state index contributed by atoms with van der Waals surface area (Å²) in [5.41, 5.74) is 5.09. The zero-order valence-corrected chi connectivity index (χ0v) is 18.7. The smallest absolute Gasteiger partial charge is 0.247 e. The van der Waals surface area contributed by atoms with Crippen molar-refractivity contribution in [1.82, 2.24) is 19.7 Å². The second-order valence-corrected chi connectivity index (χ2v) is 6.97. The number of rotatable bonds is 8. The van der Waals surface area contributed by atoms with Gasteiger partial charge in [0, 0.05) is 47.0 Å². The normalized spacial score (nSPS) is 11.6. The van der Waals surface area contributed by atoms with Crippen LogP contribution in [0.2, 0.25) is 0 Å². The van der Waals surface area contributed by atoms with E-state index < -0.39 is 0 Å². The Kier molecular flexibility index (Phi) is 7.28. The van der Waals surface area contributed by atoms with Gasteiger partial charge in [0.1, 0.15) is 12.4 Å². The van der Waals surface area contributed by atoms with Crippen LogP contribution in [0.4, 0.5) is 5.82 Å². The third kappa shape index (κ3) is 5.15. The van der Waals surface area contributed by atoms with Gasteiger partial charge in [-0.05, 0) is 45.0 Å². The van der Waals surface area contributed by atoms with Crippen molar-refractivity contribution >= 4 is 17.4 Å². The molecule has 8 nitrogen and oxygen atoms in total. The zero-order chi connectivity index (χ0) is 23.1. The molecule has 1 amide bonds. The first-order valence-corrected chi connectivity index (χ1v) is 10.1. The lowest BCUT2D eigenvalue weighted by atomic mass is 10.1. The summed E-state index contributed by atoms with van der Waals surface area (Å²) in [5, 5.41) is 7.34. The van der Waals surface area contributed by atoms with Crippen molar-refractivity contribution in [3.63, 3.8) is 0 Å². The molecular formula is C24H26N6O2. The molecule has 0 unspecified atom stereocenters. The highest BCUT2D eigenvalue weighted by atomic mass is 16.5. The summed E-state index contributed by atoms with van der Waals surface area (Å²) in [4.78, 5) is 25.5. The first-order chi connectivity index (χ1) is 15.5. The van der Waals surface area contributed by atoms with Crippen LogP contribution in [0.1, 0.15) is 23.9 Å². The topological polar surface area (TPSA) is 94.3 Å². The maximum Gasteiger partial charge on any atom is 0.247 e. The Balaban J connectivity index is 1.72. The van der Waals surface area contributed by atoms with Crippen LogP contribution < -0.4 is 10.1 Å². The summed E-state index contributed by atoms with van der Waals surface area (Å²) >= 11 is 0. The molecule has 164 valence electrons. The first kappa shape index (κ1) is 22.6. The molecule has 0 spiro atoms. The number of aliphatic imine (C=N–C) groups is 1. The van der Waals surface area contributed by atoms with Crippen LogP contribution in [0.5, 0.6) is 5.88 Å². The molecule has 3 heterocycles. The summed E-state index contributed by atoms with van der Waals surface area (Å²) in [6.45, 7) is 9.57. The van der Waals surface area contributed by atoms with Crippen molar-refractivity contribution in [2.45, 2.75) is 27.3 Å². The van der Waals surface area contributed by atoms with Crippen LogP contribution >= 0.6 is 0 Å². The van der Waals surface area contributed by atoms with Crippen molar-refractivity contribution in [2.75, 3.05) is 12.4 Å². The lowest BCUT2D eigenvalue weighted by molar-refractivity contribution is -0.117. The number of anilines is 1. The van der Waals surface area contributed by atoms with E-state index in [2.05, 4.69) is 32.0 Å². The number of hydrogen-bond acceptors (Lipinski definition) is 6. The minimum Gasteiger partial charge on any atom is -0.481 e. The summed E-state index contributed by atoms with van der Waals surface area (Å²) in [5.74, 6) is 0.777. The molecule has 0 saturated carbocycles. The quantitative estimate of drug-likeness (QED) is 0.543. The van der Waals surface area contributed by atoms with Gasteiger partial charge in [-0.3, -0.25) is 14.5 Å². The Hall–Kier alpha value is -4.07. The third-order valence-electron chi connectivity index (χ3n) is 4.79. The number of carbonyl (C=O) groups excluding carboxylic acids is 1. The van der Waals surface area contributed by atoms with Crippen molar-refractivity contribution in [2.24, 2.45) is 4.99 Å². The predicted molar refractivity (Wildman–Crippen MR) is 126 cm³/mol. The van der Waals surface area contributed by atoms with Crippen LogP contribution in [0.15, 0.2) is 66.6 Å². The number of allylic oxidation sites excluding steroid dienone is 2. The van der Waals surface area contributed by atoms with Crippen molar-refractivity contribution in [3.8, 4) is 17.0 Å². The van der Waals surface area contributed by atoms with E-state index in [1.165, 1.54) is 0 Å². The minimum atomic E-state index is -0.221. The van der Waals surface area contributed by atoms with Crippen molar-refractivity contribution < 1.29 is 9.53 Å². The molecular weight excluding hydrogens is 404 g/mol. The predicted octanol–water partition coefficient (Wildman–Crippen LogP) is 4.11. The first-order valence-electron chi connectivity index (χ1n) is 10.1. The van der Waals surface area contributed by atoms with Crippen LogP contribution in [-0.2, 0) is 11.3 Å². The molecule has 0 aromatic carbocycles. The maximum atomic E-state index is 12.6. The summed E-state index contributed by atoms with van der Waals surface area (Å²) < 4.78 is 6.80. The van der Waals surface area contributed by atoms with Gasteiger partial charge < -0.3 is 10.1 Å². The van der Waals surface area contributed by atoms with Gasteiger partial charge in [0.2, 0.25) is 11.8 Å². The molecule has 3 rings (SSSR count). The molecule has 0 radical (unpaired) electrons. The lowest BCUT2D eigenvalue weighted by Crippen LogP contribution is -2.21. The van der Waals surface area contributed by atoms with Crippen molar-refractivity contribution in [3.05, 3.63) is 78.5 Å². The molecule has 8 heteroatoms. The number of amides is 1. The maximum absolute atomic E-state index is 12.6. The molecule has 3 aromatic heterocycles. The van der Waals surface area contributed by atoms with Gasteiger partial charge in [-0.2, -0.15) is 5.10 Å². The number of aryl methyl sites for hydroxylation is 1. The van der Waals surface area contributed by atoms with Gasteiger partial charge in [0.25, 0.3) is 0 Å². The van der Waals surface area contributed by atoms with E-state index in [0.717, 1.165) is 28.1 Å². The number of ether oxygens (including phenoxy) is 1. The van der Waals surface area contributed by atoms with Crippen LogP contribution in [-0.4, -0.2) is 38.5 Å². The van der Waals surface area contributed by atoms with E-state index in [4.69, 9.17) is 4.74 Å². The number of nitrogens with zero attached hydrogens (tertiary/aromatic N) is 5. The van der Waals surface area contributed by atoms with Crippen molar-refractivity contribution in [1.29, 1.82) is 0 Å². The average molecular weight is 431 g/mol. The highest BCUT2D eigenvalue weighted by molar-refractivity contribution is 6.08. The average Bonchev–Trinajstić information content (AvgIpc) is 3.07. The number of hydrogen-bond donors (Lipinski definition) is 1. The van der Waals surface area contributed by atoms with Crippen LogP contribution in [0, 0.1) is 13.8 Å². The molecule has 1 N–H and O–H groups in total. The second-order valence-electron chi connectivity index (χ2n) is 6.97. The highest BCUT2D eigenvalue weighted by Gasteiger charge is 2.16. The third-order valence-corrected chi connectivity index (χ3v) is 4.79. The SMILES string of the molecule is C=C/C(=N\C=C/C)c1ccc(NC(=O)Cn2nc(C)c(-c3ccc(OC)nc3)c2C)nc1. The highest BCUT2D eigenvalue weighted by Crippen LogP contribution is 2.27. The largest absolute Gasteiger partial charge is 0.481 e. The number of methoxy groups -OCH3 is 1. The van der Waals surface area contributed by atoms with Gasteiger partial charge in [0.15, 0.2) is 0 Å². The van der Waals surface area contributed by atoms with E-state index in [0.29, 0.717) is 17.4 Å². The van der Waals surface area contributed by atoms with Gasteiger partial charge in [-0.15, -0.1) is 0 Å². The van der Waals surface area contributed by atoms with E-state index in [1.54, 1.807) is 48.6 Å². The van der Waals surface area contributed by atoms with E-state index >= 15 is 0 Å². The molecule has 3 aromatic rings. The molecule has 32 heavy (non-hydrogen) atoms. The van der Waals surface area contributed by atoms with Gasteiger partial charge in [-0.25, -0.2) is 9.97 Å². The fourth-order valence-electron chi connectivity index (χ4n) is 3.26. The zero-order valence-electron chi connectivity index (χ0n) is 18.7. The van der Waals surface area contributed by atoms with E-state index in [9.17, 15) is 4.79 Å². The van der Waals surface area contributed by atoms with E-state index in [-0.39, 0.29) is 12.5 Å². The molecule has 0 fully saturated rings. The Morgan fingerprint density at radius 2 is 2.03 bits per heavy atom. The second kappa shape index (κ2) is 10.3. The molecule has 0 atom stereocenters. The number of carbonyl (C=O) groups is 1. The van der Waals surface area contributed by atoms with Crippen LogP contribution in [0.25, 0.3) is 11.1 Å². The number of nitrogens with one attached hydrogen (secondary N) is 1. The Morgan fingerprint density at radius 1 is 1.22 bits per heavy atom. The Bertz CT molecular complexity index is 1160. The number of pyridine rings is 2. The summed E-state index contributed by atoms with van der Waals surface area (Å²) in [7, 11) is 1.58. The molecule has 0 aliphatic heterocycles. The minimum absolute atomic E-state index is 0.0698. The van der Waals surface area contributed by atoms with Gasteiger partial charge >= 0.3 is 0 Å². The molecule has 0 aliphatic rings. The standard InChI is InChI=1S/C24H26N6O2/c1-6-12-25-20(7-2)18-8-10-21(26-13-18)28-22(31)15-30-17(4)24(16(3)29-30)19-9-11-23(32-5)27-14-19/h6-14H,2,15H2,1,3-5H3,(H,26,28,31)/b12-6-,25-20+. The molecule has 0 bridgehead atoms. The van der Waals surface area contributed by atoms with E-state index in [1.807, 2.05) is 39.0 Å². The fraction of sp³-hybridized carbons (Fsp3) is 0.208. The molecule has 0 saturated heterocycles. The Morgan fingerprint density at radius 3 is 2.62 bits per heavy atom. The Labute approximate surface area is 187 Å². The van der Waals surface area contributed by atoms with Gasteiger partial charge in [-0.1, -0.05) is 12.7 Å². The fourth-order valence-corrected chi connectivity index (χ4v) is 3.26. The number of aromatic nitrogens is 4. The van der Waals surface area contributed by atoms with Crippen LogP contribution in [0.3, 0.4) is 0 Å². The summed E-state index contributed by atoms with van der Waals surface area (Å²) in [6, 6.07) is 7.30. The summed E-state index contributed by atoms with van der Waals surface area (Å²) in [6.07, 6.45) is 8.58. The molecule has 0 aliphatic carbocycles.